The summed E-state index contributed by atoms with van der Waals surface area (Å²) in [6.07, 6.45) is 3.10. The van der Waals surface area contributed by atoms with Crippen LogP contribution in [0.15, 0.2) is 18.2 Å². The molecule has 0 aromatic heterocycles. The fourth-order valence-corrected chi connectivity index (χ4v) is 4.14. The van der Waals surface area contributed by atoms with E-state index < -0.39 is 5.97 Å². The third-order valence-electron chi connectivity index (χ3n) is 5.07. The Morgan fingerprint density at radius 2 is 1.81 bits per heavy atom. The van der Waals surface area contributed by atoms with E-state index in [4.69, 9.17) is 0 Å². The summed E-state index contributed by atoms with van der Waals surface area (Å²) in [6, 6.07) is 4.34. The highest BCUT2D eigenvalue weighted by Crippen LogP contribution is 2.49. The number of phenolic OH excluding ortho intramolecular Hbond substituents is 2. The van der Waals surface area contributed by atoms with Crippen LogP contribution in [0.25, 0.3) is 0 Å². The highest BCUT2D eigenvalue weighted by atomic mass is 16.4. The molecule has 1 aromatic rings. The number of hydrogen-bond donors (Lipinski definition) is 4. The number of phenols is 2. The summed E-state index contributed by atoms with van der Waals surface area (Å²) in [5.74, 6) is -0.301. The van der Waals surface area contributed by atoms with Gasteiger partial charge in [-0.15, -0.1) is 0 Å². The van der Waals surface area contributed by atoms with E-state index >= 15 is 0 Å². The molecule has 5 heteroatoms. The van der Waals surface area contributed by atoms with Crippen LogP contribution in [0.5, 0.6) is 11.5 Å². The zero-order valence-corrected chi connectivity index (χ0v) is 12.0. The Bertz CT molecular complexity index is 539. The van der Waals surface area contributed by atoms with Crippen molar-refractivity contribution in [2.75, 3.05) is 0 Å². The standard InChI is InChI=1S/C16H21NO4/c1-8(11-5-12(18)7-13(19)6-11)17-15-10-3-2-9(4-10)14(15)16(20)21/h5-10,14-15,17-19H,2-4H2,1H3,(H,20,21). The van der Waals surface area contributed by atoms with E-state index in [9.17, 15) is 20.1 Å². The first kappa shape index (κ1) is 14.2. The van der Waals surface area contributed by atoms with Gasteiger partial charge in [0, 0.05) is 18.2 Å². The fraction of sp³-hybridized carbons (Fsp3) is 0.562. The van der Waals surface area contributed by atoms with Gasteiger partial charge in [-0.2, -0.15) is 0 Å². The molecule has 0 saturated heterocycles. The van der Waals surface area contributed by atoms with Crippen LogP contribution in [-0.4, -0.2) is 27.3 Å². The maximum atomic E-state index is 11.5. The van der Waals surface area contributed by atoms with Crippen LogP contribution in [0.4, 0.5) is 0 Å². The second-order valence-corrected chi connectivity index (χ2v) is 6.39. The molecule has 0 radical (unpaired) electrons. The van der Waals surface area contributed by atoms with Gasteiger partial charge in [0.15, 0.2) is 0 Å². The number of carbonyl (C=O) groups is 1. The number of carboxylic acid groups (broad SMARTS) is 1. The molecular formula is C16H21NO4. The molecule has 21 heavy (non-hydrogen) atoms. The van der Waals surface area contributed by atoms with Crippen molar-refractivity contribution in [2.24, 2.45) is 17.8 Å². The van der Waals surface area contributed by atoms with E-state index in [0.717, 1.165) is 24.8 Å². The molecule has 114 valence electrons. The molecule has 4 N–H and O–H groups in total. The molecule has 2 aliphatic carbocycles. The van der Waals surface area contributed by atoms with Gasteiger partial charge >= 0.3 is 5.97 Å². The van der Waals surface area contributed by atoms with Crippen LogP contribution >= 0.6 is 0 Å². The average molecular weight is 291 g/mol. The molecule has 3 rings (SSSR count). The van der Waals surface area contributed by atoms with Crippen molar-refractivity contribution in [2.45, 2.75) is 38.3 Å². The lowest BCUT2D eigenvalue weighted by molar-refractivity contribution is -0.144. The molecule has 0 spiro atoms. The molecule has 2 aliphatic rings. The Morgan fingerprint density at radius 3 is 2.43 bits per heavy atom. The van der Waals surface area contributed by atoms with Crippen LogP contribution in [0.1, 0.15) is 37.8 Å². The SMILES string of the molecule is CC(NC1C2CCC(C2)C1C(=O)O)c1cc(O)cc(O)c1. The number of benzene rings is 1. The van der Waals surface area contributed by atoms with Crippen LogP contribution in [-0.2, 0) is 4.79 Å². The summed E-state index contributed by atoms with van der Waals surface area (Å²) in [6.45, 7) is 1.93. The molecular weight excluding hydrogens is 270 g/mol. The maximum absolute atomic E-state index is 11.5. The second kappa shape index (κ2) is 5.22. The van der Waals surface area contributed by atoms with E-state index in [-0.39, 0.29) is 35.4 Å². The molecule has 2 fully saturated rings. The quantitative estimate of drug-likeness (QED) is 0.683. The highest BCUT2D eigenvalue weighted by molar-refractivity contribution is 5.72. The van der Waals surface area contributed by atoms with Crippen LogP contribution in [0.2, 0.25) is 0 Å². The molecule has 1 aromatic carbocycles. The number of hydrogen-bond acceptors (Lipinski definition) is 4. The Labute approximate surface area is 123 Å². The molecule has 5 atom stereocenters. The smallest absolute Gasteiger partial charge is 0.308 e. The summed E-state index contributed by atoms with van der Waals surface area (Å²) in [5, 5.41) is 32.0. The fourth-order valence-electron chi connectivity index (χ4n) is 4.14. The normalized spacial score (nSPS) is 32.2. The third kappa shape index (κ3) is 2.58. The van der Waals surface area contributed by atoms with Crippen molar-refractivity contribution in [1.82, 2.24) is 5.32 Å². The number of aliphatic carboxylic acids is 1. The minimum atomic E-state index is -0.717. The van der Waals surface area contributed by atoms with Gasteiger partial charge in [0.25, 0.3) is 0 Å². The largest absolute Gasteiger partial charge is 0.508 e. The molecule has 2 bridgehead atoms. The first-order valence-electron chi connectivity index (χ1n) is 7.47. The summed E-state index contributed by atoms with van der Waals surface area (Å²) in [5.41, 5.74) is 0.763. The van der Waals surface area contributed by atoms with Gasteiger partial charge in [-0.05, 0) is 55.7 Å². The molecule has 0 heterocycles. The lowest BCUT2D eigenvalue weighted by Gasteiger charge is -2.31. The van der Waals surface area contributed by atoms with Crippen molar-refractivity contribution in [3.63, 3.8) is 0 Å². The van der Waals surface area contributed by atoms with Gasteiger partial charge < -0.3 is 20.6 Å². The average Bonchev–Trinajstić information content (AvgIpc) is 2.97. The molecule has 5 nitrogen and oxygen atoms in total. The lowest BCUT2D eigenvalue weighted by Crippen LogP contribution is -2.45. The minimum absolute atomic E-state index is 0.0152. The Kier molecular flexibility index (Phi) is 3.53. The van der Waals surface area contributed by atoms with E-state index in [0.29, 0.717) is 5.92 Å². The Balaban J connectivity index is 1.77. The van der Waals surface area contributed by atoms with E-state index in [1.807, 2.05) is 6.92 Å². The first-order valence-corrected chi connectivity index (χ1v) is 7.47. The zero-order chi connectivity index (χ0) is 15.1. The number of fused-ring (bicyclic) bond motifs is 2. The van der Waals surface area contributed by atoms with Crippen molar-refractivity contribution >= 4 is 5.97 Å². The first-order chi connectivity index (χ1) is 9.95. The van der Waals surface area contributed by atoms with Gasteiger partial charge in [0.05, 0.1) is 5.92 Å². The monoisotopic (exact) mass is 291 g/mol. The molecule has 0 aliphatic heterocycles. The van der Waals surface area contributed by atoms with Crippen LogP contribution in [0.3, 0.4) is 0 Å². The number of rotatable bonds is 4. The van der Waals surface area contributed by atoms with Gasteiger partial charge in [-0.3, -0.25) is 4.79 Å². The third-order valence-corrected chi connectivity index (χ3v) is 5.07. The van der Waals surface area contributed by atoms with Gasteiger partial charge in [-0.25, -0.2) is 0 Å². The van der Waals surface area contributed by atoms with E-state index in [2.05, 4.69) is 5.32 Å². The van der Waals surface area contributed by atoms with Crippen molar-refractivity contribution in [1.29, 1.82) is 0 Å². The maximum Gasteiger partial charge on any atom is 0.308 e. The second-order valence-electron chi connectivity index (χ2n) is 6.39. The van der Waals surface area contributed by atoms with Crippen molar-refractivity contribution in [3.05, 3.63) is 23.8 Å². The molecule has 0 amide bonds. The van der Waals surface area contributed by atoms with Gasteiger partial charge in [0.2, 0.25) is 0 Å². The highest BCUT2D eigenvalue weighted by Gasteiger charge is 2.51. The van der Waals surface area contributed by atoms with Gasteiger partial charge in [-0.1, -0.05) is 0 Å². The van der Waals surface area contributed by atoms with Crippen molar-refractivity contribution < 1.29 is 20.1 Å². The summed E-state index contributed by atoms with van der Waals surface area (Å²) < 4.78 is 0. The zero-order valence-electron chi connectivity index (χ0n) is 12.0. The molecule has 2 saturated carbocycles. The predicted molar refractivity (Wildman–Crippen MR) is 77.1 cm³/mol. The lowest BCUT2D eigenvalue weighted by atomic mass is 9.84. The van der Waals surface area contributed by atoms with Crippen LogP contribution < -0.4 is 5.32 Å². The number of carboxylic acids is 1. The van der Waals surface area contributed by atoms with Crippen molar-refractivity contribution in [3.8, 4) is 11.5 Å². The summed E-state index contributed by atoms with van der Waals surface area (Å²) in [4.78, 5) is 11.5. The van der Waals surface area contributed by atoms with Crippen LogP contribution in [0, 0.1) is 17.8 Å². The summed E-state index contributed by atoms with van der Waals surface area (Å²) >= 11 is 0. The Hall–Kier alpha value is -1.75. The molecule has 5 unspecified atom stereocenters. The van der Waals surface area contributed by atoms with Gasteiger partial charge in [0.1, 0.15) is 11.5 Å². The Morgan fingerprint density at radius 1 is 1.19 bits per heavy atom. The minimum Gasteiger partial charge on any atom is -0.508 e. The topological polar surface area (TPSA) is 89.8 Å². The number of aromatic hydroxyl groups is 2. The predicted octanol–water partition coefficient (Wildman–Crippen LogP) is 2.25. The summed E-state index contributed by atoms with van der Waals surface area (Å²) in [7, 11) is 0. The number of nitrogens with one attached hydrogen (secondary N) is 1. The van der Waals surface area contributed by atoms with E-state index in [1.54, 1.807) is 12.1 Å². The van der Waals surface area contributed by atoms with E-state index in [1.165, 1.54) is 6.07 Å².